The van der Waals surface area contributed by atoms with Gasteiger partial charge in [0.1, 0.15) is 11.6 Å². The maximum atomic E-state index is 12.9. The number of rotatable bonds is 9. The summed E-state index contributed by atoms with van der Waals surface area (Å²) in [4.78, 5) is 14.6. The van der Waals surface area contributed by atoms with Gasteiger partial charge in [-0.1, -0.05) is 6.92 Å². The number of halogens is 1. The topological polar surface area (TPSA) is 79.0 Å². The Morgan fingerprint density at radius 1 is 1.03 bits per heavy atom. The van der Waals surface area contributed by atoms with Crippen LogP contribution >= 0.6 is 0 Å². The molecule has 0 aliphatic carbocycles. The lowest BCUT2D eigenvalue weighted by Crippen LogP contribution is -2.48. The molecule has 2 aromatic carbocycles. The van der Waals surface area contributed by atoms with E-state index in [1.807, 2.05) is 0 Å². The molecule has 0 spiro atoms. The molecule has 0 bridgehead atoms. The number of nitrogens with one attached hydrogen (secondary N) is 1. The second-order valence-electron chi connectivity index (χ2n) is 7.32. The van der Waals surface area contributed by atoms with E-state index in [2.05, 4.69) is 17.1 Å². The highest BCUT2D eigenvalue weighted by Gasteiger charge is 2.27. The van der Waals surface area contributed by atoms with Crippen LogP contribution in [0.1, 0.15) is 19.8 Å². The van der Waals surface area contributed by atoms with Crippen molar-refractivity contribution in [3.63, 3.8) is 0 Å². The smallest absolute Gasteiger partial charge is 0.243 e. The number of nitrogens with zero attached hydrogens (tertiary/aromatic N) is 2. The molecule has 0 radical (unpaired) electrons. The Hall–Kier alpha value is -2.49. The Morgan fingerprint density at radius 2 is 1.68 bits per heavy atom. The van der Waals surface area contributed by atoms with Crippen molar-refractivity contribution in [2.24, 2.45) is 0 Å². The van der Waals surface area contributed by atoms with E-state index in [4.69, 9.17) is 4.74 Å². The van der Waals surface area contributed by atoms with E-state index in [1.54, 1.807) is 12.1 Å². The van der Waals surface area contributed by atoms with Crippen LogP contribution in [0.3, 0.4) is 0 Å². The van der Waals surface area contributed by atoms with Gasteiger partial charge in [0.05, 0.1) is 11.5 Å². The zero-order chi connectivity index (χ0) is 22.3. The normalized spacial score (nSPS) is 15.5. The molecule has 2 aromatic rings. The Bertz CT molecular complexity index is 957. The number of anilines is 1. The molecule has 1 aliphatic heterocycles. The first kappa shape index (κ1) is 23.2. The molecule has 31 heavy (non-hydrogen) atoms. The monoisotopic (exact) mass is 449 g/mol. The molecule has 9 heteroatoms. The molecule has 0 atom stereocenters. The standard InChI is InChI=1S/C22H28FN3O4S/c1-2-25-13-15-26(16-14-25)31(28,29)21-11-7-19(8-12-21)24-22(27)4-3-17-30-20-9-5-18(23)6-10-20/h5-12H,2-4,13-17H2,1H3,(H,24,27). The summed E-state index contributed by atoms with van der Waals surface area (Å²) in [6.07, 6.45) is 0.752. The van der Waals surface area contributed by atoms with Crippen molar-refractivity contribution < 1.29 is 22.3 Å². The second kappa shape index (κ2) is 10.7. The van der Waals surface area contributed by atoms with Crippen LogP contribution in [0.25, 0.3) is 0 Å². The lowest BCUT2D eigenvalue weighted by Gasteiger charge is -2.33. The number of hydrogen-bond donors (Lipinski definition) is 1. The summed E-state index contributed by atoms with van der Waals surface area (Å²) in [6, 6.07) is 11.9. The molecule has 0 aromatic heterocycles. The number of hydrogen-bond acceptors (Lipinski definition) is 5. The molecule has 168 valence electrons. The van der Waals surface area contributed by atoms with Gasteiger partial charge in [-0.3, -0.25) is 4.79 Å². The van der Waals surface area contributed by atoms with Gasteiger partial charge in [0.25, 0.3) is 0 Å². The molecule has 1 saturated heterocycles. The van der Waals surface area contributed by atoms with Gasteiger partial charge in [-0.25, -0.2) is 12.8 Å². The average Bonchev–Trinajstić information content (AvgIpc) is 2.78. The second-order valence-corrected chi connectivity index (χ2v) is 9.25. The first-order valence-corrected chi connectivity index (χ1v) is 11.8. The van der Waals surface area contributed by atoms with Crippen molar-refractivity contribution in [2.75, 3.05) is 44.6 Å². The fourth-order valence-corrected chi connectivity index (χ4v) is 4.74. The quantitative estimate of drug-likeness (QED) is 0.596. The molecule has 0 unspecified atom stereocenters. The van der Waals surface area contributed by atoms with Crippen molar-refractivity contribution in [3.05, 3.63) is 54.3 Å². The van der Waals surface area contributed by atoms with Crippen LogP contribution in [0.4, 0.5) is 10.1 Å². The van der Waals surface area contributed by atoms with Crippen molar-refractivity contribution >= 4 is 21.6 Å². The summed E-state index contributed by atoms with van der Waals surface area (Å²) < 4.78 is 45.4. The van der Waals surface area contributed by atoms with Crippen LogP contribution in [0.5, 0.6) is 5.75 Å². The van der Waals surface area contributed by atoms with E-state index in [9.17, 15) is 17.6 Å². The summed E-state index contributed by atoms with van der Waals surface area (Å²) in [7, 11) is -3.53. The third-order valence-corrected chi connectivity index (χ3v) is 7.10. The summed E-state index contributed by atoms with van der Waals surface area (Å²) in [6.45, 7) is 5.74. The highest BCUT2D eigenvalue weighted by molar-refractivity contribution is 7.89. The van der Waals surface area contributed by atoms with E-state index in [-0.39, 0.29) is 23.0 Å². The third kappa shape index (κ3) is 6.49. The first-order chi connectivity index (χ1) is 14.9. The minimum absolute atomic E-state index is 0.186. The van der Waals surface area contributed by atoms with Gasteiger partial charge in [0.15, 0.2) is 0 Å². The fraction of sp³-hybridized carbons (Fsp3) is 0.409. The lowest BCUT2D eigenvalue weighted by atomic mass is 10.2. The zero-order valence-electron chi connectivity index (χ0n) is 17.6. The van der Waals surface area contributed by atoms with Crippen LogP contribution in [0, 0.1) is 5.82 Å². The van der Waals surface area contributed by atoms with Crippen LogP contribution in [-0.4, -0.2) is 62.9 Å². The van der Waals surface area contributed by atoms with E-state index < -0.39 is 10.0 Å². The number of sulfonamides is 1. The Kier molecular flexibility index (Phi) is 8.00. The molecular formula is C22H28FN3O4S. The van der Waals surface area contributed by atoms with Gasteiger partial charge in [-0.15, -0.1) is 0 Å². The number of benzene rings is 2. The van der Waals surface area contributed by atoms with Crippen molar-refractivity contribution in [3.8, 4) is 5.75 Å². The van der Waals surface area contributed by atoms with Crippen molar-refractivity contribution in [1.82, 2.24) is 9.21 Å². The molecule has 1 fully saturated rings. The Morgan fingerprint density at radius 3 is 2.29 bits per heavy atom. The van der Waals surface area contributed by atoms with Gasteiger partial charge >= 0.3 is 0 Å². The molecular weight excluding hydrogens is 421 g/mol. The van der Waals surface area contributed by atoms with E-state index in [0.717, 1.165) is 19.6 Å². The SMILES string of the molecule is CCN1CCN(S(=O)(=O)c2ccc(NC(=O)CCCOc3ccc(F)cc3)cc2)CC1. The number of amides is 1. The van der Waals surface area contributed by atoms with Crippen LogP contribution in [0.2, 0.25) is 0 Å². The van der Waals surface area contributed by atoms with Crippen LogP contribution in [-0.2, 0) is 14.8 Å². The molecule has 1 N–H and O–H groups in total. The molecule has 1 heterocycles. The first-order valence-electron chi connectivity index (χ1n) is 10.4. The maximum Gasteiger partial charge on any atom is 0.243 e. The van der Waals surface area contributed by atoms with E-state index in [1.165, 1.54) is 40.7 Å². The van der Waals surface area contributed by atoms with Crippen LogP contribution in [0.15, 0.2) is 53.4 Å². The third-order valence-electron chi connectivity index (χ3n) is 5.18. The number of ether oxygens (including phenoxy) is 1. The van der Waals surface area contributed by atoms with Crippen molar-refractivity contribution in [2.45, 2.75) is 24.7 Å². The fourth-order valence-electron chi connectivity index (χ4n) is 3.32. The average molecular weight is 450 g/mol. The molecule has 1 aliphatic rings. The summed E-state index contributed by atoms with van der Waals surface area (Å²) >= 11 is 0. The molecule has 0 saturated carbocycles. The van der Waals surface area contributed by atoms with Gasteiger partial charge < -0.3 is 15.0 Å². The van der Waals surface area contributed by atoms with Gasteiger partial charge in [-0.2, -0.15) is 4.31 Å². The minimum atomic E-state index is -3.53. The predicted molar refractivity (Wildman–Crippen MR) is 117 cm³/mol. The van der Waals surface area contributed by atoms with Crippen molar-refractivity contribution in [1.29, 1.82) is 0 Å². The summed E-state index contributed by atoms with van der Waals surface area (Å²) in [5, 5.41) is 2.76. The number of carbonyl (C=O) groups excluding carboxylic acids is 1. The summed E-state index contributed by atoms with van der Waals surface area (Å²) in [5.41, 5.74) is 0.541. The van der Waals surface area contributed by atoms with Gasteiger partial charge in [-0.05, 0) is 61.5 Å². The highest BCUT2D eigenvalue weighted by Crippen LogP contribution is 2.20. The van der Waals surface area contributed by atoms with E-state index >= 15 is 0 Å². The summed E-state index contributed by atoms with van der Waals surface area (Å²) in [5.74, 6) is 0.0355. The molecule has 1 amide bonds. The predicted octanol–water partition coefficient (Wildman–Crippen LogP) is 2.95. The van der Waals surface area contributed by atoms with Crippen LogP contribution < -0.4 is 10.1 Å². The number of piperazine rings is 1. The largest absolute Gasteiger partial charge is 0.494 e. The number of carbonyl (C=O) groups is 1. The maximum absolute atomic E-state index is 12.9. The highest BCUT2D eigenvalue weighted by atomic mass is 32.2. The lowest BCUT2D eigenvalue weighted by molar-refractivity contribution is -0.116. The van der Waals surface area contributed by atoms with Gasteiger partial charge in [0, 0.05) is 38.3 Å². The Labute approximate surface area is 182 Å². The van der Waals surface area contributed by atoms with E-state index in [0.29, 0.717) is 37.6 Å². The zero-order valence-corrected chi connectivity index (χ0v) is 18.4. The number of likely N-dealkylation sites (N-methyl/N-ethyl adjacent to an activating group) is 1. The molecule has 7 nitrogen and oxygen atoms in total. The Balaban J connectivity index is 1.45. The molecule has 3 rings (SSSR count). The van der Waals surface area contributed by atoms with Gasteiger partial charge in [0.2, 0.25) is 15.9 Å². The minimum Gasteiger partial charge on any atom is -0.494 e.